The van der Waals surface area contributed by atoms with Gasteiger partial charge in [0.15, 0.2) is 11.2 Å². The van der Waals surface area contributed by atoms with Gasteiger partial charge in [0.25, 0.3) is 0 Å². The van der Waals surface area contributed by atoms with Crippen LogP contribution < -0.4 is 9.62 Å². The molecule has 0 atom stereocenters. The molecule has 9 rings (SSSR count). The van der Waals surface area contributed by atoms with Crippen LogP contribution >= 0.6 is 0 Å². The average molecular weight is 688 g/mol. The topological polar surface area (TPSA) is 32.8 Å². The number of nitrogens with zero attached hydrogens (tertiary/aromatic N) is 2. The highest BCUT2D eigenvalue weighted by Gasteiger charge is 2.27. The number of anilines is 4. The molecule has 1 aliphatic rings. The number of aryl methyl sites for hydroxylation is 1. The van der Waals surface area contributed by atoms with Crippen LogP contribution in [0, 0.1) is 6.92 Å². The molecule has 6 aromatic carbocycles. The number of hydrogen-bond acceptors (Lipinski definition) is 4. The van der Waals surface area contributed by atoms with Gasteiger partial charge < -0.3 is 18.5 Å². The molecule has 6 heteroatoms. The summed E-state index contributed by atoms with van der Waals surface area (Å²) in [4.78, 5) is 3.49. The molecule has 4 radical (unpaired) electrons. The summed E-state index contributed by atoms with van der Waals surface area (Å²) >= 11 is 0. The third-order valence-corrected chi connectivity index (χ3v) is 11.6. The van der Waals surface area contributed by atoms with Crippen LogP contribution in [0.25, 0.3) is 43.9 Å². The lowest BCUT2D eigenvalue weighted by molar-refractivity contribution is 0.442. The van der Waals surface area contributed by atoms with Gasteiger partial charge in [0, 0.05) is 38.5 Å². The molecule has 1 aliphatic carbocycles. The Hall–Kier alpha value is -5.35. The molecule has 0 bridgehead atoms. The van der Waals surface area contributed by atoms with Crippen molar-refractivity contribution in [1.82, 2.24) is 0 Å². The van der Waals surface area contributed by atoms with E-state index in [4.69, 9.17) is 24.8 Å². The second kappa shape index (κ2) is 13.3. The lowest BCUT2D eigenvalue weighted by Crippen LogP contribution is -2.21. The zero-order chi connectivity index (χ0) is 36.3. The van der Waals surface area contributed by atoms with Crippen molar-refractivity contribution in [3.63, 3.8) is 0 Å². The largest absolute Gasteiger partial charge is 0.454 e. The van der Waals surface area contributed by atoms with E-state index in [1.54, 1.807) is 9.62 Å². The summed E-state index contributed by atoms with van der Waals surface area (Å²) in [5.41, 5.74) is 11.6. The smallest absolute Gasteiger partial charge is 0.234 e. The summed E-state index contributed by atoms with van der Waals surface area (Å²) in [6.45, 7) is 6.64. The van der Waals surface area contributed by atoms with E-state index in [2.05, 4.69) is 106 Å². The second-order valence-corrected chi connectivity index (χ2v) is 15.5. The molecule has 2 aromatic heterocycles. The Labute approximate surface area is 314 Å². The minimum atomic E-state index is -0.230. The van der Waals surface area contributed by atoms with Gasteiger partial charge in [-0.15, -0.1) is 0 Å². The summed E-state index contributed by atoms with van der Waals surface area (Å²) in [6, 6.07) is 42.3. The monoisotopic (exact) mass is 688 g/mol. The highest BCUT2D eigenvalue weighted by molar-refractivity contribution is 6.26. The van der Waals surface area contributed by atoms with E-state index >= 15 is 0 Å². The molecule has 258 valence electrons. The molecule has 0 aliphatic heterocycles. The highest BCUT2D eigenvalue weighted by atomic mass is 16.3. The van der Waals surface area contributed by atoms with Crippen LogP contribution in [0.4, 0.5) is 22.7 Å². The Morgan fingerprint density at radius 2 is 1.11 bits per heavy atom. The van der Waals surface area contributed by atoms with E-state index in [0.717, 1.165) is 78.8 Å². The minimum Gasteiger partial charge on any atom is -0.454 e. The molecule has 0 saturated heterocycles. The van der Waals surface area contributed by atoms with Crippen LogP contribution in [0.3, 0.4) is 0 Å². The van der Waals surface area contributed by atoms with Gasteiger partial charge in [-0.25, -0.2) is 0 Å². The summed E-state index contributed by atoms with van der Waals surface area (Å²) in [5, 5.41) is 4.41. The first-order chi connectivity index (χ1) is 25.8. The Kier molecular flexibility index (Phi) is 8.37. The maximum Gasteiger partial charge on any atom is 0.234 e. The Bertz CT molecular complexity index is 2610. The number of rotatable bonds is 8. The van der Waals surface area contributed by atoms with E-state index in [0.29, 0.717) is 5.92 Å². The van der Waals surface area contributed by atoms with Gasteiger partial charge in [-0.3, -0.25) is 0 Å². The van der Waals surface area contributed by atoms with Gasteiger partial charge >= 0.3 is 0 Å². The number of para-hydroxylation sites is 5. The quantitative estimate of drug-likeness (QED) is 0.149. The summed E-state index contributed by atoms with van der Waals surface area (Å²) in [7, 11) is 13.6. The van der Waals surface area contributed by atoms with Crippen molar-refractivity contribution in [2.75, 3.05) is 9.62 Å². The molecule has 1 fully saturated rings. The fraction of sp³-hybridized carbons (Fsp3) is 0.234. The summed E-state index contributed by atoms with van der Waals surface area (Å²) in [6.07, 6.45) is 7.17. The van der Waals surface area contributed by atoms with Crippen molar-refractivity contribution in [1.29, 1.82) is 0 Å². The van der Waals surface area contributed by atoms with Crippen molar-refractivity contribution in [3.8, 4) is 0 Å². The standard InChI is InChI=1S/C47H42B2N2O2/c1-30-13-7-8-22-40(30)51(49)42-24-12-20-38-36-18-10-21-39(44(36)53-46(38)42)47(2,3)29-31-25-27-33(28-26-31)50(48)41-23-11-19-37-35-17-9-16-34(43(35)52-45(37)41)32-14-5-4-6-15-32/h7-13,16-28,32H,4-6,14-15,29H2,1-3H3. The van der Waals surface area contributed by atoms with Crippen molar-refractivity contribution < 1.29 is 8.83 Å². The number of furan rings is 2. The van der Waals surface area contributed by atoms with Crippen LogP contribution in [0.1, 0.15) is 74.1 Å². The van der Waals surface area contributed by atoms with Gasteiger partial charge in [0.2, 0.25) is 16.0 Å². The minimum absolute atomic E-state index is 0.230. The van der Waals surface area contributed by atoms with Crippen LogP contribution in [-0.2, 0) is 11.8 Å². The van der Waals surface area contributed by atoms with E-state index in [1.165, 1.54) is 48.6 Å². The van der Waals surface area contributed by atoms with Crippen molar-refractivity contribution in [2.24, 2.45) is 0 Å². The first-order valence-electron chi connectivity index (χ1n) is 18.9. The van der Waals surface area contributed by atoms with Gasteiger partial charge in [0.1, 0.15) is 11.2 Å². The molecule has 0 N–H and O–H groups in total. The van der Waals surface area contributed by atoms with Gasteiger partial charge in [0.05, 0.1) is 11.4 Å². The van der Waals surface area contributed by atoms with E-state index < -0.39 is 0 Å². The third-order valence-electron chi connectivity index (χ3n) is 11.6. The second-order valence-electron chi connectivity index (χ2n) is 15.5. The number of fused-ring (bicyclic) bond motifs is 6. The van der Waals surface area contributed by atoms with E-state index in [1.807, 2.05) is 36.4 Å². The number of hydrogen-bond donors (Lipinski definition) is 0. The Morgan fingerprint density at radius 3 is 1.79 bits per heavy atom. The normalized spacial score (nSPS) is 14.1. The highest BCUT2D eigenvalue weighted by Crippen LogP contribution is 2.44. The van der Waals surface area contributed by atoms with Gasteiger partial charge in [-0.2, -0.15) is 0 Å². The first-order valence-corrected chi connectivity index (χ1v) is 18.9. The predicted molar refractivity (Wildman–Crippen MR) is 223 cm³/mol. The predicted octanol–water partition coefficient (Wildman–Crippen LogP) is 12.8. The SMILES string of the molecule is [B]N(c1ccc(CC(C)(C)c2cccc3c2oc2c(N([B])c4ccccc4C)cccc23)cc1)c1cccc2c1oc1c(C3CCCCC3)cccc12. The summed E-state index contributed by atoms with van der Waals surface area (Å²) < 4.78 is 13.5. The van der Waals surface area contributed by atoms with E-state index in [9.17, 15) is 0 Å². The molecular formula is C47H42B2N2O2. The average Bonchev–Trinajstić information content (AvgIpc) is 3.77. The fourth-order valence-corrected chi connectivity index (χ4v) is 8.76. The van der Waals surface area contributed by atoms with Crippen LogP contribution in [-0.4, -0.2) is 16.0 Å². The van der Waals surface area contributed by atoms with E-state index in [-0.39, 0.29) is 5.41 Å². The zero-order valence-corrected chi connectivity index (χ0v) is 30.7. The molecule has 0 spiro atoms. The molecular weight excluding hydrogens is 646 g/mol. The van der Waals surface area contributed by atoms with Gasteiger partial charge in [-0.05, 0) is 84.5 Å². The molecule has 0 amide bonds. The van der Waals surface area contributed by atoms with Crippen molar-refractivity contribution in [2.45, 2.75) is 70.6 Å². The molecule has 53 heavy (non-hydrogen) atoms. The lowest BCUT2D eigenvalue weighted by atomic mass is 9.78. The summed E-state index contributed by atoms with van der Waals surface area (Å²) in [5.74, 6) is 0.554. The molecule has 8 aromatic rings. The molecule has 0 unspecified atom stereocenters. The third kappa shape index (κ3) is 5.80. The lowest BCUT2D eigenvalue weighted by Gasteiger charge is -2.26. The fourth-order valence-electron chi connectivity index (χ4n) is 8.76. The molecule has 2 heterocycles. The van der Waals surface area contributed by atoms with Crippen LogP contribution in [0.15, 0.2) is 130 Å². The maximum atomic E-state index is 6.88. The zero-order valence-electron chi connectivity index (χ0n) is 30.7. The van der Waals surface area contributed by atoms with Crippen LogP contribution in [0.5, 0.6) is 0 Å². The molecule has 1 saturated carbocycles. The molecule has 4 nitrogen and oxygen atoms in total. The number of benzene rings is 6. The maximum absolute atomic E-state index is 6.88. The Morgan fingerprint density at radius 1 is 0.566 bits per heavy atom. The Balaban J connectivity index is 1.01. The first kappa shape index (κ1) is 33.5. The van der Waals surface area contributed by atoms with Crippen LogP contribution in [0.2, 0.25) is 0 Å². The van der Waals surface area contributed by atoms with Gasteiger partial charge in [-0.1, -0.05) is 124 Å². The van der Waals surface area contributed by atoms with Crippen molar-refractivity contribution in [3.05, 3.63) is 144 Å². The van der Waals surface area contributed by atoms with Crippen molar-refractivity contribution >= 4 is 82.6 Å².